The number of benzene rings is 3. The summed E-state index contributed by atoms with van der Waals surface area (Å²) >= 11 is 3.49. The van der Waals surface area contributed by atoms with E-state index in [4.69, 9.17) is 0 Å². The molecule has 0 saturated heterocycles. The predicted molar refractivity (Wildman–Crippen MR) is 123 cm³/mol. The Morgan fingerprint density at radius 2 is 1.47 bits per heavy atom. The molecule has 0 aliphatic rings. The molecule has 4 nitrogen and oxygen atoms in total. The zero-order valence-corrected chi connectivity index (χ0v) is 18.5. The SMILES string of the molecule is CNC(=O)C(Cc1ccccc1)N(Cc1cccc(Br)c1)C(=O)Cc1ccccc1. The quantitative estimate of drug-likeness (QED) is 0.537. The van der Waals surface area contributed by atoms with E-state index in [9.17, 15) is 9.59 Å². The first-order chi connectivity index (χ1) is 14.6. The Hall–Kier alpha value is -2.92. The van der Waals surface area contributed by atoms with Gasteiger partial charge in [0, 0.05) is 24.5 Å². The molecule has 0 bridgehead atoms. The van der Waals surface area contributed by atoms with Crippen LogP contribution in [0.2, 0.25) is 0 Å². The van der Waals surface area contributed by atoms with Crippen LogP contribution in [-0.4, -0.2) is 29.8 Å². The lowest BCUT2D eigenvalue weighted by molar-refractivity contribution is -0.140. The minimum atomic E-state index is -0.604. The first kappa shape index (κ1) is 21.8. The number of likely N-dealkylation sites (N-methyl/N-ethyl adjacent to an activating group) is 1. The van der Waals surface area contributed by atoms with Gasteiger partial charge in [0.2, 0.25) is 11.8 Å². The van der Waals surface area contributed by atoms with Crippen LogP contribution in [0.5, 0.6) is 0 Å². The van der Waals surface area contributed by atoms with Crippen molar-refractivity contribution < 1.29 is 9.59 Å². The molecule has 0 fully saturated rings. The van der Waals surface area contributed by atoms with E-state index in [1.54, 1.807) is 11.9 Å². The highest BCUT2D eigenvalue weighted by Gasteiger charge is 2.29. The first-order valence-electron chi connectivity index (χ1n) is 9.90. The lowest BCUT2D eigenvalue weighted by atomic mass is 10.0. The minimum absolute atomic E-state index is 0.0780. The van der Waals surface area contributed by atoms with Gasteiger partial charge in [-0.25, -0.2) is 0 Å². The molecule has 0 radical (unpaired) electrons. The van der Waals surface area contributed by atoms with Crippen LogP contribution in [0, 0.1) is 0 Å². The Morgan fingerprint density at radius 3 is 2.07 bits per heavy atom. The summed E-state index contributed by atoms with van der Waals surface area (Å²) in [4.78, 5) is 27.9. The number of nitrogens with zero attached hydrogens (tertiary/aromatic N) is 1. The van der Waals surface area contributed by atoms with Crippen molar-refractivity contribution in [3.05, 3.63) is 106 Å². The molecule has 0 saturated carbocycles. The van der Waals surface area contributed by atoms with Crippen molar-refractivity contribution in [1.29, 1.82) is 0 Å². The molecule has 5 heteroatoms. The molecule has 0 heterocycles. The second-order valence-electron chi connectivity index (χ2n) is 7.13. The standard InChI is InChI=1S/C25H25BrN2O2/c1-27-25(30)23(16-19-9-4-2-5-10-19)28(18-21-13-8-14-22(26)15-21)24(29)17-20-11-6-3-7-12-20/h2-15,23H,16-18H2,1H3,(H,27,30). The fourth-order valence-electron chi connectivity index (χ4n) is 3.42. The number of nitrogens with one attached hydrogen (secondary N) is 1. The van der Waals surface area contributed by atoms with Crippen LogP contribution in [0.15, 0.2) is 89.4 Å². The van der Waals surface area contributed by atoms with Crippen molar-refractivity contribution >= 4 is 27.7 Å². The van der Waals surface area contributed by atoms with Crippen molar-refractivity contribution in [3.8, 4) is 0 Å². The van der Waals surface area contributed by atoms with E-state index in [1.807, 2.05) is 84.9 Å². The van der Waals surface area contributed by atoms with Crippen molar-refractivity contribution in [1.82, 2.24) is 10.2 Å². The molecule has 1 N–H and O–H groups in total. The van der Waals surface area contributed by atoms with Gasteiger partial charge in [-0.05, 0) is 28.8 Å². The van der Waals surface area contributed by atoms with Gasteiger partial charge >= 0.3 is 0 Å². The molecule has 0 aliphatic carbocycles. The van der Waals surface area contributed by atoms with E-state index in [2.05, 4.69) is 21.2 Å². The Kier molecular flexibility index (Phi) is 7.80. The van der Waals surface area contributed by atoms with E-state index in [-0.39, 0.29) is 18.2 Å². The smallest absolute Gasteiger partial charge is 0.242 e. The molecule has 0 aliphatic heterocycles. The normalized spacial score (nSPS) is 11.5. The lowest BCUT2D eigenvalue weighted by Gasteiger charge is -2.31. The molecule has 0 spiro atoms. The van der Waals surface area contributed by atoms with Crippen LogP contribution in [0.25, 0.3) is 0 Å². The zero-order chi connectivity index (χ0) is 21.3. The largest absolute Gasteiger partial charge is 0.357 e. The number of hydrogen-bond donors (Lipinski definition) is 1. The van der Waals surface area contributed by atoms with Gasteiger partial charge in [0.15, 0.2) is 0 Å². The number of rotatable bonds is 8. The van der Waals surface area contributed by atoms with Gasteiger partial charge in [0.1, 0.15) is 6.04 Å². The van der Waals surface area contributed by atoms with Crippen molar-refractivity contribution in [2.24, 2.45) is 0 Å². The molecular formula is C25H25BrN2O2. The molecule has 3 aromatic rings. The third-order valence-electron chi connectivity index (χ3n) is 4.96. The van der Waals surface area contributed by atoms with E-state index in [1.165, 1.54) is 0 Å². The summed E-state index contributed by atoms with van der Waals surface area (Å²) < 4.78 is 0.940. The summed E-state index contributed by atoms with van der Waals surface area (Å²) in [6, 6.07) is 26.6. The van der Waals surface area contributed by atoms with E-state index in [0.29, 0.717) is 13.0 Å². The molecule has 3 aromatic carbocycles. The third-order valence-corrected chi connectivity index (χ3v) is 5.45. The molecule has 2 amide bonds. The maximum atomic E-state index is 13.4. The maximum Gasteiger partial charge on any atom is 0.242 e. The van der Waals surface area contributed by atoms with Gasteiger partial charge in [-0.15, -0.1) is 0 Å². The van der Waals surface area contributed by atoms with Gasteiger partial charge in [-0.3, -0.25) is 9.59 Å². The molecular weight excluding hydrogens is 440 g/mol. The van der Waals surface area contributed by atoms with Crippen molar-refractivity contribution in [2.45, 2.75) is 25.4 Å². The van der Waals surface area contributed by atoms with Crippen LogP contribution >= 0.6 is 15.9 Å². The average molecular weight is 465 g/mol. The maximum absolute atomic E-state index is 13.4. The predicted octanol–water partition coefficient (Wildman–Crippen LogP) is 4.38. The average Bonchev–Trinajstić information content (AvgIpc) is 2.77. The van der Waals surface area contributed by atoms with E-state index < -0.39 is 6.04 Å². The highest BCUT2D eigenvalue weighted by molar-refractivity contribution is 9.10. The highest BCUT2D eigenvalue weighted by atomic mass is 79.9. The highest BCUT2D eigenvalue weighted by Crippen LogP contribution is 2.19. The summed E-state index contributed by atoms with van der Waals surface area (Å²) in [7, 11) is 1.61. The van der Waals surface area contributed by atoms with Gasteiger partial charge in [-0.1, -0.05) is 88.7 Å². The monoisotopic (exact) mass is 464 g/mol. The van der Waals surface area contributed by atoms with Gasteiger partial charge in [0.05, 0.1) is 6.42 Å². The molecule has 0 aromatic heterocycles. The van der Waals surface area contributed by atoms with Crippen molar-refractivity contribution in [3.63, 3.8) is 0 Å². The number of carbonyl (C=O) groups excluding carboxylic acids is 2. The summed E-state index contributed by atoms with van der Waals surface area (Å²) in [6.07, 6.45) is 0.701. The van der Waals surface area contributed by atoms with E-state index in [0.717, 1.165) is 21.2 Å². The van der Waals surface area contributed by atoms with Gasteiger partial charge in [0.25, 0.3) is 0 Å². The molecule has 3 rings (SSSR count). The number of amides is 2. The second-order valence-corrected chi connectivity index (χ2v) is 8.05. The summed E-state index contributed by atoms with van der Waals surface area (Å²) in [5.41, 5.74) is 2.91. The number of hydrogen-bond acceptors (Lipinski definition) is 2. The zero-order valence-electron chi connectivity index (χ0n) is 16.9. The van der Waals surface area contributed by atoms with Crippen LogP contribution < -0.4 is 5.32 Å². The van der Waals surface area contributed by atoms with E-state index >= 15 is 0 Å². The molecule has 154 valence electrons. The molecule has 1 unspecified atom stereocenters. The summed E-state index contributed by atoms with van der Waals surface area (Å²) in [5, 5.41) is 2.74. The number of carbonyl (C=O) groups is 2. The Balaban J connectivity index is 1.93. The van der Waals surface area contributed by atoms with Crippen LogP contribution in [-0.2, 0) is 29.0 Å². The number of halogens is 1. The fourth-order valence-corrected chi connectivity index (χ4v) is 3.87. The van der Waals surface area contributed by atoms with Gasteiger partial charge < -0.3 is 10.2 Å². The second kappa shape index (κ2) is 10.7. The fraction of sp³-hybridized carbons (Fsp3) is 0.200. The third kappa shape index (κ3) is 6.04. The minimum Gasteiger partial charge on any atom is -0.357 e. The molecule has 1 atom stereocenters. The Morgan fingerprint density at radius 1 is 0.867 bits per heavy atom. The lowest BCUT2D eigenvalue weighted by Crippen LogP contribution is -2.50. The first-order valence-corrected chi connectivity index (χ1v) is 10.7. The van der Waals surface area contributed by atoms with Gasteiger partial charge in [-0.2, -0.15) is 0 Å². The summed E-state index contributed by atoms with van der Waals surface area (Å²) in [5.74, 6) is -0.249. The van der Waals surface area contributed by atoms with Crippen LogP contribution in [0.3, 0.4) is 0 Å². The van der Waals surface area contributed by atoms with Crippen molar-refractivity contribution in [2.75, 3.05) is 7.05 Å². The van der Waals surface area contributed by atoms with Crippen LogP contribution in [0.4, 0.5) is 0 Å². The molecule has 30 heavy (non-hydrogen) atoms. The van der Waals surface area contributed by atoms with Crippen LogP contribution in [0.1, 0.15) is 16.7 Å². The summed E-state index contributed by atoms with van der Waals surface area (Å²) in [6.45, 7) is 0.357. The topological polar surface area (TPSA) is 49.4 Å². The Bertz CT molecular complexity index is 977. The Labute approximate surface area is 186 Å².